The average molecular weight is 257 g/mol. The second kappa shape index (κ2) is 5.15. The van der Waals surface area contributed by atoms with Gasteiger partial charge in [0.25, 0.3) is 0 Å². The maximum Gasteiger partial charge on any atom is 0.239 e. The summed E-state index contributed by atoms with van der Waals surface area (Å²) in [5.74, 6) is 6.06. The van der Waals surface area contributed by atoms with Gasteiger partial charge in [0.2, 0.25) is 11.9 Å². The third kappa shape index (κ3) is 2.95. The Kier molecular flexibility index (Phi) is 3.60. The van der Waals surface area contributed by atoms with Crippen LogP contribution in [0.1, 0.15) is 12.8 Å². The molecule has 1 atom stereocenters. The molecule has 0 spiro atoms. The summed E-state index contributed by atoms with van der Waals surface area (Å²) in [5, 5.41) is 6.31. The zero-order valence-electron chi connectivity index (χ0n) is 9.03. The molecule has 2 rings (SSSR count). The number of anilines is 2. The quantitative estimate of drug-likeness (QED) is 0.450. The van der Waals surface area contributed by atoms with E-state index in [1.807, 2.05) is 0 Å². The maximum atomic E-state index is 11.0. The van der Waals surface area contributed by atoms with Gasteiger partial charge in [-0.15, -0.1) is 0 Å². The lowest BCUT2D eigenvalue weighted by atomic mass is 10.2. The standard InChI is InChI=1S/C9H13ClN6O/c10-6-4-13-9(16-11)15-8(6)12-3-5-1-2-7(17)14-5/h4-5H,1-3,11H2,(H,14,17)(H2,12,13,15,16). The Hall–Kier alpha value is -1.60. The molecule has 1 fully saturated rings. The third-order valence-electron chi connectivity index (χ3n) is 2.47. The smallest absolute Gasteiger partial charge is 0.239 e. The number of hydrazine groups is 1. The predicted molar refractivity (Wildman–Crippen MR) is 64.5 cm³/mol. The molecule has 92 valence electrons. The van der Waals surface area contributed by atoms with Gasteiger partial charge in [-0.2, -0.15) is 4.98 Å². The van der Waals surface area contributed by atoms with Crippen LogP contribution in [0.2, 0.25) is 5.02 Å². The second-order valence-corrected chi connectivity index (χ2v) is 4.13. The zero-order chi connectivity index (χ0) is 12.3. The van der Waals surface area contributed by atoms with E-state index in [9.17, 15) is 4.79 Å². The van der Waals surface area contributed by atoms with E-state index < -0.39 is 0 Å². The number of hydrogen-bond donors (Lipinski definition) is 4. The normalized spacial score (nSPS) is 18.9. The highest BCUT2D eigenvalue weighted by Gasteiger charge is 2.20. The fraction of sp³-hybridized carbons (Fsp3) is 0.444. The van der Waals surface area contributed by atoms with Crippen LogP contribution in [0, 0.1) is 0 Å². The number of nitrogens with one attached hydrogen (secondary N) is 3. The van der Waals surface area contributed by atoms with Gasteiger partial charge >= 0.3 is 0 Å². The van der Waals surface area contributed by atoms with Gasteiger partial charge in [0.05, 0.1) is 6.20 Å². The van der Waals surface area contributed by atoms with E-state index in [2.05, 4.69) is 26.0 Å². The van der Waals surface area contributed by atoms with Crippen LogP contribution in [0.5, 0.6) is 0 Å². The summed E-state index contributed by atoms with van der Waals surface area (Å²) in [7, 11) is 0. The van der Waals surface area contributed by atoms with Crippen LogP contribution in [0.4, 0.5) is 11.8 Å². The first-order valence-electron chi connectivity index (χ1n) is 5.21. The number of amides is 1. The van der Waals surface area contributed by atoms with Crippen LogP contribution in [-0.2, 0) is 4.79 Å². The minimum atomic E-state index is 0.0786. The van der Waals surface area contributed by atoms with Gasteiger partial charge in [-0.1, -0.05) is 11.6 Å². The fourth-order valence-electron chi connectivity index (χ4n) is 1.61. The molecule has 1 saturated heterocycles. The first kappa shape index (κ1) is 11.9. The molecule has 1 aliphatic heterocycles. The van der Waals surface area contributed by atoms with E-state index in [1.54, 1.807) is 0 Å². The van der Waals surface area contributed by atoms with Gasteiger partial charge < -0.3 is 10.6 Å². The van der Waals surface area contributed by atoms with Crippen LogP contribution >= 0.6 is 11.6 Å². The van der Waals surface area contributed by atoms with Crippen LogP contribution in [0.15, 0.2) is 6.20 Å². The molecule has 0 saturated carbocycles. The van der Waals surface area contributed by atoms with Crippen LogP contribution in [0.3, 0.4) is 0 Å². The topological polar surface area (TPSA) is 105 Å². The Balaban J connectivity index is 1.96. The van der Waals surface area contributed by atoms with Gasteiger partial charge in [-0.05, 0) is 6.42 Å². The van der Waals surface area contributed by atoms with E-state index in [4.69, 9.17) is 17.4 Å². The van der Waals surface area contributed by atoms with Crippen molar-refractivity contribution in [2.75, 3.05) is 17.3 Å². The monoisotopic (exact) mass is 256 g/mol. The number of nitrogen functional groups attached to an aromatic ring is 1. The Morgan fingerprint density at radius 1 is 1.65 bits per heavy atom. The molecule has 1 unspecified atom stereocenters. The van der Waals surface area contributed by atoms with E-state index in [0.29, 0.717) is 23.8 Å². The largest absolute Gasteiger partial charge is 0.367 e. The molecule has 1 aromatic rings. The minimum absolute atomic E-state index is 0.0786. The Morgan fingerprint density at radius 3 is 3.12 bits per heavy atom. The summed E-state index contributed by atoms with van der Waals surface area (Å²) in [4.78, 5) is 18.9. The molecule has 5 N–H and O–H groups in total. The maximum absolute atomic E-state index is 11.0. The predicted octanol–water partition coefficient (Wildman–Crippen LogP) is 0.106. The molecule has 0 bridgehead atoms. The van der Waals surface area contributed by atoms with Crippen molar-refractivity contribution in [1.29, 1.82) is 0 Å². The molecule has 1 aliphatic rings. The summed E-state index contributed by atoms with van der Waals surface area (Å²) in [5.41, 5.74) is 2.34. The highest BCUT2D eigenvalue weighted by atomic mass is 35.5. The molecule has 8 heteroatoms. The number of carbonyl (C=O) groups excluding carboxylic acids is 1. The first-order valence-corrected chi connectivity index (χ1v) is 5.59. The average Bonchev–Trinajstić information content (AvgIpc) is 2.74. The Bertz CT molecular complexity index is 426. The van der Waals surface area contributed by atoms with Crippen molar-refractivity contribution in [2.24, 2.45) is 5.84 Å². The van der Waals surface area contributed by atoms with Gasteiger partial charge in [-0.3, -0.25) is 10.2 Å². The van der Waals surface area contributed by atoms with E-state index >= 15 is 0 Å². The lowest BCUT2D eigenvalue weighted by Crippen LogP contribution is -2.32. The highest BCUT2D eigenvalue weighted by Crippen LogP contribution is 2.19. The zero-order valence-corrected chi connectivity index (χ0v) is 9.79. The van der Waals surface area contributed by atoms with Crippen LogP contribution in [0.25, 0.3) is 0 Å². The van der Waals surface area contributed by atoms with Crippen molar-refractivity contribution in [3.05, 3.63) is 11.2 Å². The number of halogens is 1. The van der Waals surface area contributed by atoms with Gasteiger partial charge in [-0.25, -0.2) is 10.8 Å². The van der Waals surface area contributed by atoms with Crippen LogP contribution in [-0.4, -0.2) is 28.5 Å². The number of nitrogens with zero attached hydrogens (tertiary/aromatic N) is 2. The number of carbonyl (C=O) groups is 1. The number of aromatic nitrogens is 2. The lowest BCUT2D eigenvalue weighted by molar-refractivity contribution is -0.119. The van der Waals surface area contributed by atoms with E-state index in [-0.39, 0.29) is 17.9 Å². The van der Waals surface area contributed by atoms with Gasteiger partial charge in [0, 0.05) is 19.0 Å². The van der Waals surface area contributed by atoms with Crippen molar-refractivity contribution in [2.45, 2.75) is 18.9 Å². The second-order valence-electron chi connectivity index (χ2n) is 3.72. The number of hydrogen-bond acceptors (Lipinski definition) is 6. The minimum Gasteiger partial charge on any atom is -0.367 e. The fourth-order valence-corrected chi connectivity index (χ4v) is 1.77. The Labute approximate surface area is 103 Å². The SMILES string of the molecule is NNc1ncc(Cl)c(NCC2CCC(=O)N2)n1. The van der Waals surface area contributed by atoms with Gasteiger partial charge in [0.1, 0.15) is 5.02 Å². The van der Waals surface area contributed by atoms with Crippen molar-refractivity contribution < 1.29 is 4.79 Å². The summed E-state index contributed by atoms with van der Waals surface area (Å²) >= 11 is 5.92. The Morgan fingerprint density at radius 2 is 2.47 bits per heavy atom. The van der Waals surface area contributed by atoms with Gasteiger partial charge in [0.15, 0.2) is 5.82 Å². The van der Waals surface area contributed by atoms with Crippen LogP contribution < -0.4 is 21.9 Å². The van der Waals surface area contributed by atoms with Crippen molar-refractivity contribution >= 4 is 29.3 Å². The summed E-state index contributed by atoms with van der Waals surface area (Å²) in [6.45, 7) is 0.576. The summed E-state index contributed by atoms with van der Waals surface area (Å²) in [6.07, 6.45) is 2.84. The molecule has 1 amide bonds. The molecule has 0 aliphatic carbocycles. The molecule has 7 nitrogen and oxygen atoms in total. The number of rotatable bonds is 4. The van der Waals surface area contributed by atoms with E-state index in [0.717, 1.165) is 6.42 Å². The van der Waals surface area contributed by atoms with E-state index in [1.165, 1.54) is 6.20 Å². The number of nitrogens with two attached hydrogens (primary N) is 1. The molecule has 1 aromatic heterocycles. The molecule has 2 heterocycles. The molecule has 0 radical (unpaired) electrons. The van der Waals surface area contributed by atoms with Crippen molar-refractivity contribution in [1.82, 2.24) is 15.3 Å². The van der Waals surface area contributed by atoms with Crippen molar-refractivity contribution in [3.63, 3.8) is 0 Å². The molecular formula is C9H13ClN6O. The molecule has 17 heavy (non-hydrogen) atoms. The highest BCUT2D eigenvalue weighted by molar-refractivity contribution is 6.32. The summed E-state index contributed by atoms with van der Waals surface area (Å²) < 4.78 is 0. The first-order chi connectivity index (χ1) is 8.19. The molecule has 0 aromatic carbocycles. The lowest BCUT2D eigenvalue weighted by Gasteiger charge is -2.13. The third-order valence-corrected chi connectivity index (χ3v) is 2.75. The molecular weight excluding hydrogens is 244 g/mol. The van der Waals surface area contributed by atoms with Crippen molar-refractivity contribution in [3.8, 4) is 0 Å². The summed E-state index contributed by atoms with van der Waals surface area (Å²) in [6, 6.07) is 0.114.